The number of para-hydroxylation sites is 1. The molecule has 3 rings (SSSR count). The molecule has 0 spiro atoms. The number of amides is 1. The molecule has 29 heavy (non-hydrogen) atoms. The lowest BCUT2D eigenvalue weighted by molar-refractivity contribution is -0.894. The summed E-state index contributed by atoms with van der Waals surface area (Å²) in [4.78, 5) is 20.5. The van der Waals surface area contributed by atoms with Gasteiger partial charge in [-0.1, -0.05) is 23.5 Å². The molecule has 2 aromatic carbocycles. The summed E-state index contributed by atoms with van der Waals surface area (Å²) in [5, 5.41) is 0.340. The van der Waals surface area contributed by atoms with Gasteiger partial charge in [-0.2, -0.15) is 0 Å². The first-order valence-electron chi connectivity index (χ1n) is 9.52. The van der Waals surface area contributed by atoms with Gasteiger partial charge in [0, 0.05) is 6.07 Å². The van der Waals surface area contributed by atoms with Gasteiger partial charge < -0.3 is 9.64 Å². The van der Waals surface area contributed by atoms with Crippen molar-refractivity contribution >= 4 is 32.6 Å². The van der Waals surface area contributed by atoms with E-state index in [1.807, 2.05) is 0 Å². The highest BCUT2D eigenvalue weighted by molar-refractivity contribution is 7.22. The third-order valence-corrected chi connectivity index (χ3v) is 5.93. The van der Waals surface area contributed by atoms with Gasteiger partial charge in [0.15, 0.2) is 10.9 Å². The number of nitrogens with zero attached hydrogens (tertiary/aromatic N) is 2. The zero-order valence-corrected chi connectivity index (χ0v) is 17.5. The Morgan fingerprint density at radius 1 is 1.21 bits per heavy atom. The number of likely N-dealkylation sites (N-methyl/N-ethyl adjacent to an activating group) is 1. The van der Waals surface area contributed by atoms with Crippen molar-refractivity contribution in [2.75, 3.05) is 38.2 Å². The lowest BCUT2D eigenvalue weighted by Gasteiger charge is -2.23. The summed E-state index contributed by atoms with van der Waals surface area (Å²) in [6, 6.07) is 8.99. The molecular formula is C21H24F2N3O2S+. The van der Waals surface area contributed by atoms with Gasteiger partial charge in [-0.25, -0.2) is 13.8 Å². The zero-order chi connectivity index (χ0) is 21.0. The molecule has 0 fully saturated rings. The molecule has 0 saturated carbocycles. The van der Waals surface area contributed by atoms with Crippen molar-refractivity contribution in [2.24, 2.45) is 0 Å². The quantitative estimate of drug-likeness (QED) is 0.609. The maximum atomic E-state index is 14.2. The van der Waals surface area contributed by atoms with Gasteiger partial charge in [-0.05, 0) is 32.0 Å². The Hall–Kier alpha value is -2.58. The van der Waals surface area contributed by atoms with Crippen molar-refractivity contribution in [2.45, 2.75) is 13.8 Å². The first kappa shape index (κ1) is 21.1. The number of aromatic nitrogens is 1. The third kappa shape index (κ3) is 4.54. The fourth-order valence-electron chi connectivity index (χ4n) is 3.19. The van der Waals surface area contributed by atoms with Gasteiger partial charge in [0.2, 0.25) is 0 Å². The van der Waals surface area contributed by atoms with Crippen molar-refractivity contribution in [3.63, 3.8) is 0 Å². The lowest BCUT2D eigenvalue weighted by atomic mass is 10.1. The molecule has 0 saturated heterocycles. The van der Waals surface area contributed by atoms with Crippen LogP contribution in [0, 0.1) is 11.6 Å². The SMILES string of the molecule is CC[NH+](CC)CCN(C(=O)c1ccccc1OC)c1nc2c(F)cc(F)cc2s1. The Kier molecular flexibility index (Phi) is 6.76. The van der Waals surface area contributed by atoms with Gasteiger partial charge in [0.05, 0.1) is 43.6 Å². The Labute approximate surface area is 172 Å². The molecule has 1 amide bonds. The van der Waals surface area contributed by atoms with E-state index in [2.05, 4.69) is 18.8 Å². The number of carbonyl (C=O) groups is 1. The summed E-state index contributed by atoms with van der Waals surface area (Å²) in [5.74, 6) is -1.23. The number of anilines is 1. The summed E-state index contributed by atoms with van der Waals surface area (Å²) < 4.78 is 33.5. The predicted molar refractivity (Wildman–Crippen MR) is 111 cm³/mol. The second kappa shape index (κ2) is 9.28. The number of methoxy groups -OCH3 is 1. The molecule has 1 N–H and O–H groups in total. The Balaban J connectivity index is 2.03. The van der Waals surface area contributed by atoms with Crippen molar-refractivity contribution in [3.8, 4) is 5.75 Å². The van der Waals surface area contributed by atoms with Crippen LogP contribution in [0.3, 0.4) is 0 Å². The monoisotopic (exact) mass is 420 g/mol. The summed E-state index contributed by atoms with van der Waals surface area (Å²) >= 11 is 1.10. The first-order chi connectivity index (χ1) is 14.0. The second-order valence-corrected chi connectivity index (χ2v) is 7.60. The van der Waals surface area contributed by atoms with Crippen LogP contribution in [-0.4, -0.2) is 44.2 Å². The average Bonchev–Trinajstić information content (AvgIpc) is 3.14. The van der Waals surface area contributed by atoms with E-state index in [1.54, 1.807) is 24.3 Å². The number of rotatable bonds is 8. The minimum Gasteiger partial charge on any atom is -0.496 e. The number of fused-ring (bicyclic) bond motifs is 1. The molecule has 0 radical (unpaired) electrons. The van der Waals surface area contributed by atoms with Crippen LogP contribution in [0.4, 0.5) is 13.9 Å². The maximum absolute atomic E-state index is 14.2. The molecule has 0 bridgehead atoms. The summed E-state index contributed by atoms with van der Waals surface area (Å²) in [5.41, 5.74) is 0.467. The second-order valence-electron chi connectivity index (χ2n) is 6.59. The van der Waals surface area contributed by atoms with Crippen molar-refractivity contribution < 1.29 is 23.2 Å². The van der Waals surface area contributed by atoms with Gasteiger partial charge in [0.25, 0.3) is 5.91 Å². The van der Waals surface area contributed by atoms with Crippen LogP contribution in [0.5, 0.6) is 5.75 Å². The smallest absolute Gasteiger partial charge is 0.264 e. The van der Waals surface area contributed by atoms with E-state index in [4.69, 9.17) is 4.74 Å². The zero-order valence-electron chi connectivity index (χ0n) is 16.7. The highest BCUT2D eigenvalue weighted by atomic mass is 32.1. The number of hydrogen-bond acceptors (Lipinski definition) is 4. The van der Waals surface area contributed by atoms with E-state index in [0.717, 1.165) is 30.5 Å². The number of nitrogens with one attached hydrogen (secondary N) is 1. The van der Waals surface area contributed by atoms with Crippen molar-refractivity contribution in [3.05, 3.63) is 53.6 Å². The van der Waals surface area contributed by atoms with Crippen LogP contribution >= 0.6 is 11.3 Å². The summed E-state index contributed by atoms with van der Waals surface area (Å²) in [6.07, 6.45) is 0. The normalized spacial score (nSPS) is 11.2. The van der Waals surface area contributed by atoms with E-state index in [9.17, 15) is 13.6 Å². The number of ether oxygens (including phenoxy) is 1. The van der Waals surface area contributed by atoms with Crippen molar-refractivity contribution in [1.29, 1.82) is 0 Å². The fourth-order valence-corrected chi connectivity index (χ4v) is 4.21. The average molecular weight is 421 g/mol. The number of carbonyl (C=O) groups excluding carboxylic acids is 1. The Morgan fingerprint density at radius 2 is 1.93 bits per heavy atom. The van der Waals surface area contributed by atoms with Gasteiger partial charge in [-0.15, -0.1) is 0 Å². The predicted octanol–water partition coefficient (Wildman–Crippen LogP) is 3.15. The molecule has 5 nitrogen and oxygen atoms in total. The van der Waals surface area contributed by atoms with Gasteiger partial charge >= 0.3 is 0 Å². The molecule has 0 aliphatic rings. The Bertz CT molecular complexity index is 1000. The summed E-state index contributed by atoms with van der Waals surface area (Å²) in [7, 11) is 1.51. The highest BCUT2D eigenvalue weighted by Crippen LogP contribution is 2.32. The molecule has 3 aromatic rings. The molecule has 0 atom stereocenters. The molecule has 1 aromatic heterocycles. The van der Waals surface area contributed by atoms with E-state index in [-0.39, 0.29) is 11.4 Å². The lowest BCUT2D eigenvalue weighted by Crippen LogP contribution is -3.12. The number of thiazole rings is 1. The first-order valence-corrected chi connectivity index (χ1v) is 10.3. The topological polar surface area (TPSA) is 46.9 Å². The van der Waals surface area contributed by atoms with Crippen LogP contribution in [0.2, 0.25) is 0 Å². The Morgan fingerprint density at radius 3 is 2.62 bits per heavy atom. The molecule has 1 heterocycles. The minimum atomic E-state index is -0.735. The van der Waals surface area contributed by atoms with Crippen LogP contribution in [-0.2, 0) is 0 Å². The highest BCUT2D eigenvalue weighted by Gasteiger charge is 2.25. The van der Waals surface area contributed by atoms with Crippen LogP contribution in [0.15, 0.2) is 36.4 Å². The molecule has 0 aliphatic heterocycles. The van der Waals surface area contributed by atoms with E-state index < -0.39 is 11.6 Å². The molecule has 8 heteroatoms. The third-order valence-electron chi connectivity index (χ3n) is 4.90. The maximum Gasteiger partial charge on any atom is 0.264 e. The fraction of sp³-hybridized carbons (Fsp3) is 0.333. The van der Waals surface area contributed by atoms with Crippen LogP contribution in [0.1, 0.15) is 24.2 Å². The van der Waals surface area contributed by atoms with Gasteiger partial charge in [-0.3, -0.25) is 9.69 Å². The number of benzene rings is 2. The van der Waals surface area contributed by atoms with Crippen molar-refractivity contribution in [1.82, 2.24) is 4.98 Å². The largest absolute Gasteiger partial charge is 0.496 e. The molecule has 154 valence electrons. The number of quaternary nitrogens is 1. The summed E-state index contributed by atoms with van der Waals surface area (Å²) in [6.45, 7) is 7.13. The molecular weight excluding hydrogens is 396 g/mol. The van der Waals surface area contributed by atoms with Gasteiger partial charge in [0.1, 0.15) is 17.1 Å². The van der Waals surface area contributed by atoms with E-state index >= 15 is 0 Å². The van der Waals surface area contributed by atoms with Crippen LogP contribution < -0.4 is 14.5 Å². The molecule has 0 aliphatic carbocycles. The number of halogens is 2. The van der Waals surface area contributed by atoms with Crippen LogP contribution in [0.25, 0.3) is 10.2 Å². The standard InChI is InChI=1S/C21H23F2N3O2S/c1-4-25(5-2)10-11-26(20(27)15-8-6-7-9-17(15)28-3)21-24-19-16(23)12-14(22)13-18(19)29-21/h6-9,12-13H,4-5,10-11H2,1-3H3/p+1. The van der Waals surface area contributed by atoms with E-state index in [0.29, 0.717) is 34.2 Å². The minimum absolute atomic E-state index is 0.0689. The van der Waals surface area contributed by atoms with E-state index in [1.165, 1.54) is 23.0 Å². The molecule has 0 unspecified atom stereocenters. The number of hydrogen-bond donors (Lipinski definition) is 1.